The zero-order valence-corrected chi connectivity index (χ0v) is 41.5. The fraction of sp³-hybridized carbons (Fsp3) is 0.955. The van der Waals surface area contributed by atoms with Gasteiger partial charge in [-0.3, -0.25) is 4.57 Å². The second kappa shape index (κ2) is 38.5. The van der Waals surface area contributed by atoms with Gasteiger partial charge in [0.25, 0.3) is 7.82 Å². The van der Waals surface area contributed by atoms with Crippen molar-refractivity contribution in [2.45, 2.75) is 211 Å². The van der Waals surface area contributed by atoms with Crippen molar-refractivity contribution in [2.24, 2.45) is 0 Å². The molecule has 0 saturated carbocycles. The topological polar surface area (TPSA) is 77.1 Å². The first kappa shape index (κ1) is 56.5. The maximum Gasteiger partial charge on any atom is 0.268 e. The van der Waals surface area contributed by atoms with E-state index in [1.54, 1.807) is 11.8 Å². The van der Waals surface area contributed by atoms with Crippen LogP contribution in [0.5, 0.6) is 0 Å². The molecule has 0 aromatic carbocycles. The van der Waals surface area contributed by atoms with Gasteiger partial charge >= 0.3 is 0 Å². The Hall–Kier alpha value is 0.550. The van der Waals surface area contributed by atoms with E-state index in [0.717, 1.165) is 37.2 Å². The van der Waals surface area contributed by atoms with Crippen molar-refractivity contribution in [1.29, 1.82) is 0 Å². The summed E-state index contributed by atoms with van der Waals surface area (Å²) in [6.07, 6.45) is 32.7. The van der Waals surface area contributed by atoms with Crippen LogP contribution in [0.25, 0.3) is 0 Å². The van der Waals surface area contributed by atoms with E-state index in [1.165, 1.54) is 141 Å². The monoisotopic (exact) mass is 886 g/mol. The van der Waals surface area contributed by atoms with Gasteiger partial charge in [-0.05, 0) is 48.8 Å². The predicted molar refractivity (Wildman–Crippen MR) is 254 cm³/mol. The predicted octanol–water partition coefficient (Wildman–Crippen LogP) is 13.7. The van der Waals surface area contributed by atoms with Crippen LogP contribution in [-0.4, -0.2) is 90.2 Å². The second-order valence-electron chi connectivity index (χ2n) is 16.5. The molecule has 0 amide bonds. The van der Waals surface area contributed by atoms with E-state index in [9.17, 15) is 9.46 Å². The molecule has 334 valence electrons. The highest BCUT2D eigenvalue weighted by atomic mass is 32.2. The molecule has 0 radical (unpaired) electrons. The molecular formula is C44H88NO6PS4. The Morgan fingerprint density at radius 2 is 0.946 bits per heavy atom. The van der Waals surface area contributed by atoms with Crippen molar-refractivity contribution in [3.05, 3.63) is 0 Å². The molecule has 0 fully saturated rings. The van der Waals surface area contributed by atoms with Crippen molar-refractivity contribution >= 4 is 65.9 Å². The zero-order chi connectivity index (χ0) is 41.8. The molecule has 56 heavy (non-hydrogen) atoms. The Kier molecular flexibility index (Phi) is 38.8. The van der Waals surface area contributed by atoms with Crippen LogP contribution in [-0.2, 0) is 23.1 Å². The Bertz CT molecular complexity index is 972. The van der Waals surface area contributed by atoms with E-state index >= 15 is 0 Å². The number of thiocarbonyl (C=S) groups is 2. The van der Waals surface area contributed by atoms with Gasteiger partial charge in [0.1, 0.15) is 19.8 Å². The normalized spacial score (nSPS) is 14.6. The largest absolute Gasteiger partial charge is 0.756 e. The van der Waals surface area contributed by atoms with Gasteiger partial charge in [0.2, 0.25) is 0 Å². The van der Waals surface area contributed by atoms with E-state index in [4.69, 9.17) is 43.0 Å². The fourth-order valence-corrected chi connectivity index (χ4v) is 9.99. The number of hydrogen-bond acceptors (Lipinski definition) is 10. The quantitative estimate of drug-likeness (QED) is 0.0256. The minimum atomic E-state index is -4.55. The molecule has 4 atom stereocenters. The minimum Gasteiger partial charge on any atom is -0.756 e. The molecule has 3 unspecified atom stereocenters. The lowest BCUT2D eigenvalue weighted by molar-refractivity contribution is -0.870. The number of rotatable bonds is 42. The van der Waals surface area contributed by atoms with Crippen molar-refractivity contribution in [3.63, 3.8) is 0 Å². The molecule has 0 aliphatic heterocycles. The summed E-state index contributed by atoms with van der Waals surface area (Å²) in [4.78, 5) is 12.7. The first-order valence-electron chi connectivity index (χ1n) is 22.9. The van der Waals surface area contributed by atoms with Crippen LogP contribution in [0.15, 0.2) is 0 Å². The first-order chi connectivity index (χ1) is 26.9. The number of phosphoric acid groups is 1. The summed E-state index contributed by atoms with van der Waals surface area (Å²) in [5, 5.41) is 1.16. The number of hydrogen-bond donors (Lipinski definition) is 0. The summed E-state index contributed by atoms with van der Waals surface area (Å²) in [5.74, 6) is 1.86. The van der Waals surface area contributed by atoms with E-state index in [2.05, 4.69) is 27.7 Å². The average Bonchev–Trinajstić information content (AvgIpc) is 3.15. The molecule has 0 aliphatic carbocycles. The molecule has 0 aromatic rings. The number of likely N-dealkylation sites (N-methyl/N-ethyl adjacent to an activating group) is 1. The highest BCUT2D eigenvalue weighted by molar-refractivity contribution is 8.02. The van der Waals surface area contributed by atoms with E-state index < -0.39 is 13.9 Å². The summed E-state index contributed by atoms with van der Waals surface area (Å²) < 4.78 is 36.4. The molecule has 0 saturated heterocycles. The summed E-state index contributed by atoms with van der Waals surface area (Å²) >= 11 is 15.3. The van der Waals surface area contributed by atoms with Gasteiger partial charge in [0.05, 0.1) is 38.2 Å². The average molecular weight is 886 g/mol. The highest BCUT2D eigenvalue weighted by Crippen LogP contribution is 2.38. The molecule has 0 N–H and O–H groups in total. The molecular weight excluding hydrogens is 798 g/mol. The number of unbranched alkanes of at least 4 members (excludes halogenated alkanes) is 22. The van der Waals surface area contributed by atoms with Crippen LogP contribution < -0.4 is 4.89 Å². The zero-order valence-electron chi connectivity index (χ0n) is 37.3. The Morgan fingerprint density at radius 3 is 1.32 bits per heavy atom. The fourth-order valence-electron chi connectivity index (χ4n) is 6.54. The van der Waals surface area contributed by atoms with Crippen molar-refractivity contribution in [2.75, 3.05) is 59.0 Å². The van der Waals surface area contributed by atoms with E-state index in [-0.39, 0.29) is 30.3 Å². The van der Waals surface area contributed by atoms with Crippen LogP contribution in [0.1, 0.15) is 195 Å². The molecule has 12 heteroatoms. The number of thioether (sulfide) groups is 2. The summed E-state index contributed by atoms with van der Waals surface area (Å²) in [5.41, 5.74) is 0. The van der Waals surface area contributed by atoms with Crippen LogP contribution in [0.2, 0.25) is 0 Å². The standard InChI is InChI=1S/C44H88NO6PS4/c1-8-12-14-16-18-20-22-24-26-28-30-32-34-41(55-10-3)43(53)48-38-40(39-50-52(46,47)49-37-36-45(5,6)7)51-44(54)42(56-11-4)35-33-31-29-27-25-23-21-19-17-15-13-9-2/h40-42H,8-39H2,1-7H3/t40-,41?,42?/m1/s1. The number of quaternary nitrogens is 1. The van der Waals surface area contributed by atoms with Gasteiger partial charge in [-0.2, -0.15) is 0 Å². The molecule has 0 heterocycles. The molecule has 0 rings (SSSR count). The van der Waals surface area contributed by atoms with Gasteiger partial charge < -0.3 is 27.9 Å². The smallest absolute Gasteiger partial charge is 0.268 e. The molecule has 7 nitrogen and oxygen atoms in total. The van der Waals surface area contributed by atoms with Gasteiger partial charge in [-0.15, -0.1) is 23.5 Å². The Labute approximate surface area is 366 Å². The molecule has 0 spiro atoms. The summed E-state index contributed by atoms with van der Waals surface area (Å²) in [7, 11) is 1.39. The number of ether oxygens (including phenoxy) is 2. The maximum atomic E-state index is 12.7. The van der Waals surface area contributed by atoms with Crippen molar-refractivity contribution in [1.82, 2.24) is 0 Å². The summed E-state index contributed by atoms with van der Waals surface area (Å²) in [6.45, 7) is 9.21. The Balaban J connectivity index is 5.05. The van der Waals surface area contributed by atoms with Crippen LogP contribution in [0, 0.1) is 0 Å². The Morgan fingerprint density at radius 1 is 0.571 bits per heavy atom. The number of nitrogens with zero attached hydrogens (tertiary/aromatic N) is 1. The summed E-state index contributed by atoms with van der Waals surface area (Å²) in [6, 6.07) is 0. The third-order valence-corrected chi connectivity index (χ3v) is 14.4. The van der Waals surface area contributed by atoms with E-state index in [0.29, 0.717) is 21.1 Å². The van der Waals surface area contributed by atoms with Crippen LogP contribution in [0.4, 0.5) is 0 Å². The molecule has 0 bridgehead atoms. The van der Waals surface area contributed by atoms with E-state index in [1.807, 2.05) is 32.9 Å². The maximum absolute atomic E-state index is 12.7. The third-order valence-electron chi connectivity index (χ3n) is 10.0. The lowest BCUT2D eigenvalue weighted by Crippen LogP contribution is -2.38. The van der Waals surface area contributed by atoms with Crippen LogP contribution >= 0.6 is 55.8 Å². The van der Waals surface area contributed by atoms with Crippen molar-refractivity contribution < 1.29 is 32.5 Å². The van der Waals surface area contributed by atoms with Gasteiger partial charge in [0.15, 0.2) is 16.2 Å². The van der Waals surface area contributed by atoms with Gasteiger partial charge in [-0.1, -0.05) is 182 Å². The van der Waals surface area contributed by atoms with Crippen LogP contribution in [0.3, 0.4) is 0 Å². The molecule has 0 aromatic heterocycles. The highest BCUT2D eigenvalue weighted by Gasteiger charge is 2.25. The van der Waals surface area contributed by atoms with Crippen molar-refractivity contribution in [3.8, 4) is 0 Å². The second-order valence-corrected chi connectivity index (χ2v) is 21.7. The lowest BCUT2D eigenvalue weighted by Gasteiger charge is -2.29. The SMILES string of the molecule is CCCCCCCCCCCCCCC(SCC)C(=S)OC[C@H](COP(=O)([O-])OCC[N+](C)(C)C)OC(=S)C(CCCCCCCCCCCCCC)SCC. The lowest BCUT2D eigenvalue weighted by atomic mass is 10.0. The molecule has 0 aliphatic rings. The van der Waals surface area contributed by atoms with Gasteiger partial charge in [-0.25, -0.2) is 0 Å². The minimum absolute atomic E-state index is 0.0398. The third kappa shape index (κ3) is 36.4. The van der Waals surface area contributed by atoms with Gasteiger partial charge in [0, 0.05) is 0 Å². The number of phosphoric ester groups is 1. The first-order valence-corrected chi connectivity index (χ1v) is 27.3.